The van der Waals surface area contributed by atoms with Crippen LogP contribution in [0, 0.1) is 5.92 Å². The van der Waals surface area contributed by atoms with Crippen molar-refractivity contribution >= 4 is 11.6 Å². The highest BCUT2D eigenvalue weighted by Crippen LogP contribution is 2.34. The van der Waals surface area contributed by atoms with Crippen molar-refractivity contribution in [3.05, 3.63) is 11.9 Å². The Bertz CT molecular complexity index is 413. The first-order chi connectivity index (χ1) is 9.10. The molecule has 1 saturated carbocycles. The largest absolute Gasteiger partial charge is 0.370 e. The van der Waals surface area contributed by atoms with Crippen LogP contribution in [0.1, 0.15) is 58.7 Å². The van der Waals surface area contributed by atoms with Gasteiger partial charge in [0.2, 0.25) is 0 Å². The first kappa shape index (κ1) is 14.1. The van der Waals surface area contributed by atoms with E-state index in [-0.39, 0.29) is 0 Å². The maximum Gasteiger partial charge on any atom is 0.135 e. The predicted molar refractivity (Wildman–Crippen MR) is 80.7 cm³/mol. The summed E-state index contributed by atoms with van der Waals surface area (Å²) < 4.78 is 0. The molecule has 2 rings (SSSR count). The quantitative estimate of drug-likeness (QED) is 0.788. The Morgan fingerprint density at radius 1 is 1.21 bits per heavy atom. The van der Waals surface area contributed by atoms with Gasteiger partial charge < -0.3 is 10.6 Å². The zero-order valence-electron chi connectivity index (χ0n) is 12.5. The van der Waals surface area contributed by atoms with Gasteiger partial charge in [0, 0.05) is 24.6 Å². The normalized spacial score (nSPS) is 16.5. The fourth-order valence-corrected chi connectivity index (χ4v) is 2.09. The van der Waals surface area contributed by atoms with E-state index in [1.165, 1.54) is 12.8 Å². The molecule has 2 N–H and O–H groups in total. The lowest BCUT2D eigenvalue weighted by Crippen LogP contribution is -2.19. The molecule has 0 radical (unpaired) electrons. The Kier molecular flexibility index (Phi) is 4.61. The molecule has 0 aromatic carbocycles. The van der Waals surface area contributed by atoms with Crippen molar-refractivity contribution in [2.75, 3.05) is 17.2 Å². The van der Waals surface area contributed by atoms with Crippen LogP contribution in [-0.2, 0) is 0 Å². The number of nitrogens with one attached hydrogen (secondary N) is 2. The summed E-state index contributed by atoms with van der Waals surface area (Å²) in [4.78, 5) is 9.20. The first-order valence-corrected chi connectivity index (χ1v) is 7.49. The van der Waals surface area contributed by atoms with E-state index in [1.807, 2.05) is 6.07 Å². The van der Waals surface area contributed by atoms with Gasteiger partial charge in [0.05, 0.1) is 0 Å². The average molecular weight is 262 g/mol. The van der Waals surface area contributed by atoms with E-state index in [9.17, 15) is 0 Å². The van der Waals surface area contributed by atoms with Gasteiger partial charge in [0.25, 0.3) is 0 Å². The highest BCUT2D eigenvalue weighted by molar-refractivity contribution is 5.48. The van der Waals surface area contributed by atoms with Crippen LogP contribution in [0.4, 0.5) is 11.6 Å². The van der Waals surface area contributed by atoms with Gasteiger partial charge in [-0.05, 0) is 32.1 Å². The minimum Gasteiger partial charge on any atom is -0.370 e. The second-order valence-electron chi connectivity index (χ2n) is 5.85. The Labute approximate surface area is 116 Å². The lowest BCUT2D eigenvalue weighted by molar-refractivity contribution is 0.685. The van der Waals surface area contributed by atoms with Gasteiger partial charge in [0.1, 0.15) is 17.5 Å². The molecule has 106 valence electrons. The molecule has 0 bridgehead atoms. The fraction of sp³-hybridized carbons (Fsp3) is 0.733. The smallest absolute Gasteiger partial charge is 0.135 e. The monoisotopic (exact) mass is 262 g/mol. The predicted octanol–water partition coefficient (Wildman–Crippen LogP) is 3.63. The standard InChI is InChI=1S/C15H26N4/c1-5-8-16-13-9-14(17-11(4)12-6-7-12)19-15(18-13)10(2)3/h9-12H,5-8H2,1-4H3,(H2,16,17,18,19). The van der Waals surface area contributed by atoms with Crippen molar-refractivity contribution in [1.29, 1.82) is 0 Å². The van der Waals surface area contributed by atoms with Crippen molar-refractivity contribution in [3.8, 4) is 0 Å². The molecule has 1 heterocycles. The zero-order valence-corrected chi connectivity index (χ0v) is 12.5. The lowest BCUT2D eigenvalue weighted by atomic mass is 10.2. The van der Waals surface area contributed by atoms with Crippen LogP contribution in [0.25, 0.3) is 0 Å². The van der Waals surface area contributed by atoms with Crippen LogP contribution in [0.2, 0.25) is 0 Å². The molecule has 4 nitrogen and oxygen atoms in total. The van der Waals surface area contributed by atoms with Crippen molar-refractivity contribution < 1.29 is 0 Å². The van der Waals surface area contributed by atoms with Crippen LogP contribution in [0.15, 0.2) is 6.07 Å². The van der Waals surface area contributed by atoms with Crippen LogP contribution in [0.5, 0.6) is 0 Å². The van der Waals surface area contributed by atoms with Crippen molar-refractivity contribution in [2.24, 2.45) is 5.92 Å². The summed E-state index contributed by atoms with van der Waals surface area (Å²) >= 11 is 0. The van der Waals surface area contributed by atoms with Gasteiger partial charge in [-0.3, -0.25) is 0 Å². The molecule has 1 aliphatic carbocycles. The summed E-state index contributed by atoms with van der Waals surface area (Å²) in [5.41, 5.74) is 0. The SMILES string of the molecule is CCCNc1cc(NC(C)C2CC2)nc(C(C)C)n1. The van der Waals surface area contributed by atoms with E-state index >= 15 is 0 Å². The molecule has 19 heavy (non-hydrogen) atoms. The van der Waals surface area contributed by atoms with E-state index in [4.69, 9.17) is 0 Å². The molecule has 1 atom stereocenters. The number of anilines is 2. The van der Waals surface area contributed by atoms with Crippen LogP contribution < -0.4 is 10.6 Å². The third-order valence-corrected chi connectivity index (χ3v) is 3.52. The second kappa shape index (κ2) is 6.22. The van der Waals surface area contributed by atoms with Gasteiger partial charge in [-0.2, -0.15) is 0 Å². The maximum absolute atomic E-state index is 4.63. The molecule has 0 saturated heterocycles. The highest BCUT2D eigenvalue weighted by Gasteiger charge is 2.28. The summed E-state index contributed by atoms with van der Waals surface area (Å²) in [6.07, 6.45) is 3.79. The average Bonchev–Trinajstić information content (AvgIpc) is 3.20. The van der Waals surface area contributed by atoms with Gasteiger partial charge in [0.15, 0.2) is 0 Å². The molecular formula is C15H26N4. The number of hydrogen-bond acceptors (Lipinski definition) is 4. The Hall–Kier alpha value is -1.32. The topological polar surface area (TPSA) is 49.8 Å². The second-order valence-corrected chi connectivity index (χ2v) is 5.85. The summed E-state index contributed by atoms with van der Waals surface area (Å²) in [7, 11) is 0. The van der Waals surface area contributed by atoms with Crippen LogP contribution in [-0.4, -0.2) is 22.6 Å². The number of rotatable bonds is 7. The summed E-state index contributed by atoms with van der Waals surface area (Å²) in [5, 5.41) is 6.88. The minimum absolute atomic E-state index is 0.347. The molecule has 4 heteroatoms. The Morgan fingerprint density at radius 2 is 1.89 bits per heavy atom. The maximum atomic E-state index is 4.63. The Balaban J connectivity index is 2.12. The Morgan fingerprint density at radius 3 is 2.47 bits per heavy atom. The number of hydrogen-bond donors (Lipinski definition) is 2. The van der Waals surface area contributed by atoms with Crippen LogP contribution >= 0.6 is 0 Å². The first-order valence-electron chi connectivity index (χ1n) is 7.49. The zero-order chi connectivity index (χ0) is 13.8. The highest BCUT2D eigenvalue weighted by atomic mass is 15.1. The number of nitrogens with zero attached hydrogens (tertiary/aromatic N) is 2. The molecule has 0 amide bonds. The van der Waals surface area contributed by atoms with Crippen molar-refractivity contribution in [3.63, 3.8) is 0 Å². The van der Waals surface area contributed by atoms with Gasteiger partial charge in [-0.15, -0.1) is 0 Å². The van der Waals surface area contributed by atoms with Crippen molar-refractivity contribution in [2.45, 2.75) is 58.9 Å². The molecule has 1 aromatic heterocycles. The minimum atomic E-state index is 0.347. The molecule has 1 aromatic rings. The van der Waals surface area contributed by atoms with E-state index < -0.39 is 0 Å². The summed E-state index contributed by atoms with van der Waals surface area (Å²) in [5.74, 6) is 3.97. The lowest BCUT2D eigenvalue weighted by Gasteiger charge is -2.16. The fourth-order valence-electron chi connectivity index (χ4n) is 2.09. The van der Waals surface area contributed by atoms with E-state index in [2.05, 4.69) is 48.3 Å². The molecule has 0 spiro atoms. The summed E-state index contributed by atoms with van der Waals surface area (Å²) in [6, 6.07) is 2.54. The van der Waals surface area contributed by atoms with Crippen molar-refractivity contribution in [1.82, 2.24) is 9.97 Å². The molecular weight excluding hydrogens is 236 g/mol. The summed E-state index contributed by atoms with van der Waals surface area (Å²) in [6.45, 7) is 9.62. The van der Waals surface area contributed by atoms with Gasteiger partial charge in [-0.25, -0.2) is 9.97 Å². The van der Waals surface area contributed by atoms with E-state index in [1.54, 1.807) is 0 Å². The number of aromatic nitrogens is 2. The third-order valence-electron chi connectivity index (χ3n) is 3.52. The van der Waals surface area contributed by atoms with E-state index in [0.29, 0.717) is 12.0 Å². The molecule has 0 aliphatic heterocycles. The molecule has 1 unspecified atom stereocenters. The molecule has 1 aliphatic rings. The third kappa shape index (κ3) is 4.08. The molecule has 1 fully saturated rings. The van der Waals surface area contributed by atoms with Gasteiger partial charge in [-0.1, -0.05) is 20.8 Å². The van der Waals surface area contributed by atoms with E-state index in [0.717, 1.165) is 36.3 Å². The van der Waals surface area contributed by atoms with Crippen LogP contribution in [0.3, 0.4) is 0 Å². The van der Waals surface area contributed by atoms with Gasteiger partial charge >= 0.3 is 0 Å².